The SMILES string of the molecule is O=S(=O)(O)OCCS(=O)(=O)c1cccc(N=c2nc(Cl)[nH]c(=Nc3ccc(S(=O)(=O)O)c(N=Nc4c(S(=O)(=O)O)cc5cc(S(=O)(=O)O)cc(N=c6[nH]c(Cl)nc(=Nc7cccc(S(=O)(=O)O)c7)[nH]6)c5c4O)c3)[nH]2)c1. The number of rotatable bonds is 15. The molecule has 0 fully saturated rings. The molecule has 5 aromatic carbocycles. The molecule has 0 aliphatic rings. The fourth-order valence-corrected chi connectivity index (χ4v) is 10.4. The second kappa shape index (κ2) is 21.0. The number of phenols is 1. The molecule has 0 spiro atoms. The zero-order valence-electron chi connectivity index (χ0n) is 36.3. The third-order valence-electron chi connectivity index (χ3n) is 9.29. The van der Waals surface area contributed by atoms with E-state index in [0.717, 1.165) is 42.5 Å². The molecule has 31 nitrogen and oxygen atoms in total. The van der Waals surface area contributed by atoms with Gasteiger partial charge >= 0.3 is 10.4 Å². The second-order valence-electron chi connectivity index (χ2n) is 14.5. The minimum absolute atomic E-state index is 0.0478. The van der Waals surface area contributed by atoms with Gasteiger partial charge in [-0.05, 0) is 101 Å². The third-order valence-corrected chi connectivity index (χ3v) is 15.2. The fraction of sp³-hybridized carbons (Fsp3) is 0.0556. The van der Waals surface area contributed by atoms with Crippen molar-refractivity contribution >= 4 is 129 Å². The molecule has 10 N–H and O–H groups in total. The van der Waals surface area contributed by atoms with E-state index < -0.39 is 143 Å². The summed E-state index contributed by atoms with van der Waals surface area (Å²) in [4.78, 5) is 30.5. The molecule has 0 amide bonds. The number of aromatic hydroxyl groups is 1. The smallest absolute Gasteiger partial charge is 0.397 e. The van der Waals surface area contributed by atoms with E-state index in [2.05, 4.69) is 64.3 Å². The number of hydrogen-bond acceptors (Lipinski definition) is 22. The summed E-state index contributed by atoms with van der Waals surface area (Å²) in [5.41, 5.74) is -4.49. The lowest BCUT2D eigenvalue weighted by atomic mass is 10.1. The van der Waals surface area contributed by atoms with Crippen LogP contribution in [0.3, 0.4) is 0 Å². The van der Waals surface area contributed by atoms with Crippen LogP contribution in [0.2, 0.25) is 10.6 Å². The molecule has 0 aliphatic heterocycles. The Balaban J connectivity index is 1.36. The van der Waals surface area contributed by atoms with Crippen LogP contribution in [0.15, 0.2) is 140 Å². The quantitative estimate of drug-likeness (QED) is 0.0521. The van der Waals surface area contributed by atoms with Crippen LogP contribution in [-0.2, 0) is 64.9 Å². The van der Waals surface area contributed by atoms with E-state index in [1.807, 2.05) is 0 Å². The van der Waals surface area contributed by atoms with Crippen molar-refractivity contribution in [3.63, 3.8) is 0 Å². The number of nitrogens with zero attached hydrogens (tertiary/aromatic N) is 8. The normalized spacial score (nSPS) is 14.1. The average molecular weight is 1200 g/mol. The monoisotopic (exact) mass is 1190 g/mol. The van der Waals surface area contributed by atoms with Crippen molar-refractivity contribution in [1.82, 2.24) is 29.9 Å². The largest absolute Gasteiger partial charge is 0.505 e. The topological polar surface area (TPSA) is 499 Å². The highest BCUT2D eigenvalue weighted by molar-refractivity contribution is 7.91. The molecule has 0 aliphatic carbocycles. The number of hydrogen-bond donors (Lipinski definition) is 10. The highest BCUT2D eigenvalue weighted by Gasteiger charge is 2.26. The first-order valence-corrected chi connectivity index (χ1v) is 29.0. The number of benzene rings is 5. The number of fused-ring (bicyclic) bond motifs is 1. The minimum Gasteiger partial charge on any atom is -0.505 e. The van der Waals surface area contributed by atoms with Crippen LogP contribution in [0.25, 0.3) is 10.8 Å². The lowest BCUT2D eigenvalue weighted by Crippen LogP contribution is -2.26. The summed E-state index contributed by atoms with van der Waals surface area (Å²) in [5, 5.41) is 17.2. The molecule has 0 bridgehead atoms. The van der Waals surface area contributed by atoms with Crippen molar-refractivity contribution in [3.05, 3.63) is 118 Å². The summed E-state index contributed by atoms with van der Waals surface area (Å²) < 4.78 is 199. The van der Waals surface area contributed by atoms with E-state index in [9.17, 15) is 73.8 Å². The number of H-pyrrole nitrogens is 4. The molecule has 2 aromatic heterocycles. The molecule has 2 heterocycles. The van der Waals surface area contributed by atoms with Gasteiger partial charge in [-0.15, -0.1) is 10.2 Å². The fourth-order valence-electron chi connectivity index (χ4n) is 6.25. The number of nitrogens with one attached hydrogen (secondary N) is 4. The van der Waals surface area contributed by atoms with Crippen LogP contribution in [0.1, 0.15) is 0 Å². The van der Waals surface area contributed by atoms with Crippen LogP contribution in [-0.4, -0.2) is 121 Å². The maximum Gasteiger partial charge on any atom is 0.397 e. The first-order valence-electron chi connectivity index (χ1n) is 19.5. The van der Waals surface area contributed by atoms with E-state index >= 15 is 0 Å². The Kier molecular flexibility index (Phi) is 15.6. The molecule has 0 saturated heterocycles. The van der Waals surface area contributed by atoms with Crippen molar-refractivity contribution in [1.29, 1.82) is 0 Å². The van der Waals surface area contributed by atoms with Gasteiger partial charge in [-0.2, -0.15) is 52.1 Å². The van der Waals surface area contributed by atoms with Gasteiger partial charge in [-0.25, -0.2) is 32.6 Å². The zero-order chi connectivity index (χ0) is 55.1. The summed E-state index contributed by atoms with van der Waals surface area (Å²) in [6.45, 7) is -0.909. The van der Waals surface area contributed by atoms with E-state index in [4.69, 9.17) is 27.8 Å². The van der Waals surface area contributed by atoms with E-state index in [1.165, 1.54) is 24.3 Å². The lowest BCUT2D eigenvalue weighted by molar-refractivity contribution is 0.284. The van der Waals surface area contributed by atoms with Gasteiger partial charge in [0.25, 0.3) is 40.5 Å². The van der Waals surface area contributed by atoms with Crippen molar-refractivity contribution in [3.8, 4) is 5.75 Å². The number of phenolic OH excluding ortho intramolecular Hbond substituents is 1. The van der Waals surface area contributed by atoms with Crippen LogP contribution in [0, 0.1) is 0 Å². The van der Waals surface area contributed by atoms with Crippen molar-refractivity contribution in [2.24, 2.45) is 30.2 Å². The number of sulfone groups is 1. The molecule has 7 aromatic rings. The molecular weight excluding hydrogens is 1170 g/mol. The molecule has 396 valence electrons. The Hall–Kier alpha value is -6.98. The minimum atomic E-state index is -5.51. The number of aromatic nitrogens is 6. The third kappa shape index (κ3) is 14.2. The molecule has 7 rings (SSSR count). The summed E-state index contributed by atoms with van der Waals surface area (Å²) in [7, 11) is -29.7. The summed E-state index contributed by atoms with van der Waals surface area (Å²) in [6, 6.07) is 13.9. The standard InChI is InChI=1S/C36H28Cl2N12O19S6/c37-31-43-33(39-18-3-1-5-21(13-18)70(52,53)10-9-69-75(66,67)68)47-35(44-31)41-20-7-8-26(73(60,61)62)24(15-20)49-50-29-27(74(63,64)65)12-17-11-23(72(57,58)59)16-25(28(17)30(29)51)42-36-46-32(38)45-34(48-36)40-19-4-2-6-22(14-19)71(54,55)56/h1-8,11-16,51H,9-10H2,(H,54,55,56)(H,57,58,59)(H,60,61,62)(H,63,64,65)(H,66,67,68)(H2,39,41,43,44,47)(H2,40,42,45,46,48). The second-order valence-corrected chi connectivity index (χ2v) is 24.1. The predicted octanol–water partition coefficient (Wildman–Crippen LogP) is 2.88. The Morgan fingerprint density at radius 2 is 1.05 bits per heavy atom. The van der Waals surface area contributed by atoms with Crippen LogP contribution < -0.4 is 22.5 Å². The number of azo groups is 1. The predicted molar refractivity (Wildman–Crippen MR) is 255 cm³/mol. The molecule has 0 atom stereocenters. The average Bonchev–Trinajstić information content (AvgIpc) is 3.26. The highest BCUT2D eigenvalue weighted by atomic mass is 35.5. The Labute approximate surface area is 429 Å². The molecule has 0 unspecified atom stereocenters. The molecule has 0 radical (unpaired) electrons. The number of aromatic amines is 4. The van der Waals surface area contributed by atoms with Crippen LogP contribution in [0.5, 0.6) is 5.75 Å². The zero-order valence-corrected chi connectivity index (χ0v) is 42.7. The first kappa shape index (κ1) is 55.8. The van der Waals surface area contributed by atoms with Gasteiger partial charge in [0.2, 0.25) is 33.0 Å². The van der Waals surface area contributed by atoms with Crippen molar-refractivity contribution < 1.29 is 82.6 Å². The lowest BCUT2D eigenvalue weighted by Gasteiger charge is -2.12. The van der Waals surface area contributed by atoms with Gasteiger partial charge < -0.3 is 15.1 Å². The van der Waals surface area contributed by atoms with Crippen molar-refractivity contribution in [2.45, 2.75) is 24.5 Å². The number of halogens is 2. The first-order chi connectivity index (χ1) is 34.7. The van der Waals surface area contributed by atoms with Gasteiger partial charge in [0, 0.05) is 0 Å². The van der Waals surface area contributed by atoms with Gasteiger partial charge in [-0.3, -0.25) is 32.7 Å². The Bertz CT molecular complexity index is 4570. The van der Waals surface area contributed by atoms with Gasteiger partial charge in [-0.1, -0.05) is 12.1 Å². The maximum absolute atomic E-state index is 12.8. The molecular formula is C36H28Cl2N12O19S6. The summed E-state index contributed by atoms with van der Waals surface area (Å²) in [6.07, 6.45) is 0. The van der Waals surface area contributed by atoms with Crippen LogP contribution >= 0.6 is 23.2 Å². The summed E-state index contributed by atoms with van der Waals surface area (Å²) >= 11 is 12.3. The van der Waals surface area contributed by atoms with Gasteiger partial charge in [0.15, 0.2) is 15.6 Å². The van der Waals surface area contributed by atoms with E-state index in [0.29, 0.717) is 18.2 Å². The van der Waals surface area contributed by atoms with Gasteiger partial charge in [0.1, 0.15) is 21.2 Å². The summed E-state index contributed by atoms with van der Waals surface area (Å²) in [5.74, 6) is -2.10. The van der Waals surface area contributed by atoms with Gasteiger partial charge in [0.05, 0.1) is 55.2 Å². The molecule has 75 heavy (non-hydrogen) atoms. The highest BCUT2D eigenvalue weighted by Crippen LogP contribution is 2.46. The van der Waals surface area contributed by atoms with Crippen LogP contribution in [0.4, 0.5) is 34.1 Å². The molecule has 39 heteroatoms. The maximum atomic E-state index is 12.8. The molecule has 0 saturated carbocycles. The Morgan fingerprint density at radius 3 is 1.60 bits per heavy atom. The van der Waals surface area contributed by atoms with Crippen molar-refractivity contribution in [2.75, 3.05) is 12.4 Å². The Morgan fingerprint density at radius 1 is 0.520 bits per heavy atom. The van der Waals surface area contributed by atoms with E-state index in [-0.39, 0.29) is 38.5 Å². The van der Waals surface area contributed by atoms with E-state index in [1.54, 1.807) is 0 Å².